The van der Waals surface area contributed by atoms with Gasteiger partial charge in [0.15, 0.2) is 0 Å². The number of carbonyl (C=O) groups excluding carboxylic acids is 2. The first-order chi connectivity index (χ1) is 11.1. The molecular weight excluding hydrogens is 312 g/mol. The summed E-state index contributed by atoms with van der Waals surface area (Å²) in [7, 11) is 0. The molecule has 1 aromatic carbocycles. The number of imide groups is 1. The van der Waals surface area contributed by atoms with Gasteiger partial charge >= 0.3 is 0 Å². The van der Waals surface area contributed by atoms with Crippen molar-refractivity contribution in [1.29, 1.82) is 5.26 Å². The molecule has 114 valence electrons. The highest BCUT2D eigenvalue weighted by Gasteiger charge is 2.35. The van der Waals surface area contributed by atoms with Crippen LogP contribution in [0.3, 0.4) is 0 Å². The van der Waals surface area contributed by atoms with Crippen molar-refractivity contribution in [3.8, 4) is 6.07 Å². The Hall–Kier alpha value is -2.78. The first kappa shape index (κ1) is 15.1. The van der Waals surface area contributed by atoms with Gasteiger partial charge in [0.1, 0.15) is 11.5 Å². The number of nitrogens with zero attached hydrogens (tertiary/aromatic N) is 2. The van der Waals surface area contributed by atoms with E-state index in [2.05, 4.69) is 6.07 Å². The fraction of sp³-hybridized carbons (Fsp3) is 0.118. The van der Waals surface area contributed by atoms with Crippen LogP contribution in [0.25, 0.3) is 6.08 Å². The van der Waals surface area contributed by atoms with Gasteiger partial charge in [-0.3, -0.25) is 14.5 Å². The van der Waals surface area contributed by atoms with Crippen LogP contribution in [0, 0.1) is 18.3 Å². The Balaban J connectivity index is 1.85. The van der Waals surface area contributed by atoms with E-state index in [0.717, 1.165) is 22.4 Å². The molecule has 23 heavy (non-hydrogen) atoms. The van der Waals surface area contributed by atoms with E-state index in [1.54, 1.807) is 42.5 Å². The van der Waals surface area contributed by atoms with Crippen LogP contribution < -0.4 is 0 Å². The number of rotatable bonds is 3. The zero-order valence-electron chi connectivity index (χ0n) is 12.3. The Kier molecular flexibility index (Phi) is 4.04. The second kappa shape index (κ2) is 6.15. The number of aryl methyl sites for hydroxylation is 1. The molecule has 2 amide bonds. The maximum atomic E-state index is 12.4. The van der Waals surface area contributed by atoms with E-state index < -0.39 is 0 Å². The summed E-state index contributed by atoms with van der Waals surface area (Å²) in [4.78, 5) is 26.0. The van der Waals surface area contributed by atoms with Crippen LogP contribution in [0.15, 0.2) is 45.7 Å². The summed E-state index contributed by atoms with van der Waals surface area (Å²) in [6, 6.07) is 12.5. The molecule has 5 nitrogen and oxygen atoms in total. The molecule has 3 rings (SSSR count). The van der Waals surface area contributed by atoms with Gasteiger partial charge in [0.2, 0.25) is 0 Å². The van der Waals surface area contributed by atoms with Crippen molar-refractivity contribution in [2.24, 2.45) is 0 Å². The molecule has 0 N–H and O–H groups in total. The highest BCUT2D eigenvalue weighted by molar-refractivity contribution is 8.18. The number of hydrogen-bond donors (Lipinski definition) is 0. The second-order valence-corrected chi connectivity index (χ2v) is 5.98. The molecule has 0 radical (unpaired) electrons. The summed E-state index contributed by atoms with van der Waals surface area (Å²) < 4.78 is 5.40. The fourth-order valence-electron chi connectivity index (χ4n) is 2.23. The van der Waals surface area contributed by atoms with Crippen molar-refractivity contribution in [2.45, 2.75) is 13.5 Å². The smallest absolute Gasteiger partial charge is 0.293 e. The number of nitriles is 1. The fourth-order valence-corrected chi connectivity index (χ4v) is 3.05. The summed E-state index contributed by atoms with van der Waals surface area (Å²) in [6.07, 6.45) is 1.56. The lowest BCUT2D eigenvalue weighted by Gasteiger charge is -2.13. The molecule has 1 aliphatic rings. The molecule has 0 spiro atoms. The molecule has 0 bridgehead atoms. The third kappa shape index (κ3) is 3.05. The summed E-state index contributed by atoms with van der Waals surface area (Å²) in [6.45, 7) is 1.89. The lowest BCUT2D eigenvalue weighted by atomic mass is 10.1. The van der Waals surface area contributed by atoms with Gasteiger partial charge in [-0.05, 0) is 42.4 Å². The highest BCUT2D eigenvalue weighted by atomic mass is 32.2. The van der Waals surface area contributed by atoms with Crippen molar-refractivity contribution < 1.29 is 14.0 Å². The zero-order valence-corrected chi connectivity index (χ0v) is 13.1. The zero-order chi connectivity index (χ0) is 16.4. The highest BCUT2D eigenvalue weighted by Crippen LogP contribution is 2.33. The van der Waals surface area contributed by atoms with Crippen LogP contribution in [0.1, 0.15) is 22.6 Å². The van der Waals surface area contributed by atoms with Gasteiger partial charge < -0.3 is 4.42 Å². The normalized spacial score (nSPS) is 16.2. The van der Waals surface area contributed by atoms with Gasteiger partial charge in [-0.2, -0.15) is 5.26 Å². The Morgan fingerprint density at radius 2 is 2.04 bits per heavy atom. The monoisotopic (exact) mass is 324 g/mol. The molecule has 2 heterocycles. The lowest BCUT2D eigenvalue weighted by Crippen LogP contribution is -2.27. The number of amides is 2. The average molecular weight is 324 g/mol. The van der Waals surface area contributed by atoms with Gasteiger partial charge in [-0.1, -0.05) is 18.2 Å². The van der Waals surface area contributed by atoms with Crippen LogP contribution in [0.5, 0.6) is 0 Å². The van der Waals surface area contributed by atoms with E-state index in [1.807, 2.05) is 6.92 Å². The van der Waals surface area contributed by atoms with E-state index in [1.165, 1.54) is 0 Å². The van der Waals surface area contributed by atoms with Gasteiger partial charge in [-0.15, -0.1) is 0 Å². The maximum Gasteiger partial charge on any atom is 0.293 e. The summed E-state index contributed by atoms with van der Waals surface area (Å²) in [5, 5.41) is 8.76. The Morgan fingerprint density at radius 1 is 1.26 bits per heavy atom. The predicted octanol–water partition coefficient (Wildman–Crippen LogP) is 3.70. The number of benzene rings is 1. The standard InChI is InChI=1S/C17H12N2O3S/c1-11-6-7-14(22-11)8-15-16(20)19(17(21)23-15)10-13-5-3-2-4-12(13)9-18/h2-8H,10H2,1H3/b15-8+. The van der Waals surface area contributed by atoms with Crippen molar-refractivity contribution in [2.75, 3.05) is 0 Å². The minimum Gasteiger partial charge on any atom is -0.462 e. The van der Waals surface area contributed by atoms with E-state index >= 15 is 0 Å². The molecule has 1 aliphatic heterocycles. The number of hydrogen-bond acceptors (Lipinski definition) is 5. The molecule has 0 atom stereocenters. The lowest BCUT2D eigenvalue weighted by molar-refractivity contribution is -0.123. The number of carbonyl (C=O) groups is 2. The Morgan fingerprint density at radius 3 is 2.74 bits per heavy atom. The first-order valence-electron chi connectivity index (χ1n) is 6.88. The van der Waals surface area contributed by atoms with E-state index in [9.17, 15) is 9.59 Å². The second-order valence-electron chi connectivity index (χ2n) is 4.99. The van der Waals surface area contributed by atoms with Crippen LogP contribution in [-0.2, 0) is 11.3 Å². The van der Waals surface area contributed by atoms with Gasteiger partial charge in [0.25, 0.3) is 11.1 Å². The molecule has 0 saturated carbocycles. The van der Waals surface area contributed by atoms with E-state index in [4.69, 9.17) is 9.68 Å². The van der Waals surface area contributed by atoms with Crippen molar-refractivity contribution >= 4 is 29.0 Å². The molecule has 0 unspecified atom stereocenters. The largest absolute Gasteiger partial charge is 0.462 e. The SMILES string of the molecule is Cc1ccc(/C=C2/SC(=O)N(Cc3ccccc3C#N)C2=O)o1. The average Bonchev–Trinajstić information content (AvgIpc) is 3.06. The quantitative estimate of drug-likeness (QED) is 0.805. The first-order valence-corrected chi connectivity index (χ1v) is 7.70. The third-order valence-electron chi connectivity index (χ3n) is 3.37. The third-order valence-corrected chi connectivity index (χ3v) is 4.28. The van der Waals surface area contributed by atoms with E-state index in [-0.39, 0.29) is 17.7 Å². The van der Waals surface area contributed by atoms with Crippen LogP contribution in [0.4, 0.5) is 4.79 Å². The Bertz CT molecular complexity index is 861. The van der Waals surface area contributed by atoms with Crippen LogP contribution in [0.2, 0.25) is 0 Å². The topological polar surface area (TPSA) is 74.3 Å². The van der Waals surface area contributed by atoms with Gasteiger partial charge in [-0.25, -0.2) is 0 Å². The minimum absolute atomic E-state index is 0.0862. The molecule has 1 fully saturated rings. The molecule has 6 heteroatoms. The van der Waals surface area contributed by atoms with Crippen LogP contribution in [-0.4, -0.2) is 16.0 Å². The minimum atomic E-state index is -0.373. The van der Waals surface area contributed by atoms with Crippen molar-refractivity contribution in [3.63, 3.8) is 0 Å². The Labute approximate surface area is 137 Å². The van der Waals surface area contributed by atoms with Crippen molar-refractivity contribution in [3.05, 3.63) is 64.0 Å². The van der Waals surface area contributed by atoms with E-state index in [0.29, 0.717) is 21.8 Å². The summed E-state index contributed by atoms with van der Waals surface area (Å²) in [5.74, 6) is 0.894. The predicted molar refractivity (Wildman–Crippen MR) is 86.1 cm³/mol. The molecule has 1 aromatic heterocycles. The summed E-state index contributed by atoms with van der Waals surface area (Å²) >= 11 is 0.874. The molecule has 1 saturated heterocycles. The van der Waals surface area contributed by atoms with Gasteiger partial charge in [0, 0.05) is 6.08 Å². The number of furan rings is 1. The molecular formula is C17H12N2O3S. The van der Waals surface area contributed by atoms with Gasteiger partial charge in [0.05, 0.1) is 23.1 Å². The molecule has 0 aliphatic carbocycles. The number of thioether (sulfide) groups is 1. The van der Waals surface area contributed by atoms with Crippen LogP contribution >= 0.6 is 11.8 Å². The maximum absolute atomic E-state index is 12.4. The summed E-state index contributed by atoms with van der Waals surface area (Å²) in [5.41, 5.74) is 1.10. The molecule has 2 aromatic rings. The van der Waals surface area contributed by atoms with Crippen molar-refractivity contribution in [1.82, 2.24) is 4.90 Å².